The third-order valence-corrected chi connectivity index (χ3v) is 5.29. The number of Topliss-reactive ketones (excluding diaryl/α,β-unsaturated/α-hetero) is 1. The van der Waals surface area contributed by atoms with Crippen molar-refractivity contribution < 1.29 is 4.79 Å². The highest BCUT2D eigenvalue weighted by molar-refractivity contribution is 8.04. The highest BCUT2D eigenvalue weighted by atomic mass is 35.5. The lowest BCUT2D eigenvalue weighted by Crippen LogP contribution is -1.95. The fourth-order valence-corrected chi connectivity index (χ4v) is 4.11. The summed E-state index contributed by atoms with van der Waals surface area (Å²) < 4.78 is 0. The maximum atomic E-state index is 13.0. The number of hydrogen-bond donors (Lipinski definition) is 0. The molecule has 0 amide bonds. The highest BCUT2D eigenvalue weighted by Crippen LogP contribution is 2.45. The molecule has 24 heavy (non-hydrogen) atoms. The van der Waals surface area contributed by atoms with E-state index >= 15 is 0 Å². The van der Waals surface area contributed by atoms with E-state index in [0.29, 0.717) is 5.02 Å². The molecule has 1 nitrogen and oxygen atoms in total. The van der Waals surface area contributed by atoms with E-state index in [9.17, 15) is 4.79 Å². The number of allylic oxidation sites excluding steroid dienone is 1. The quantitative estimate of drug-likeness (QED) is 0.569. The molecule has 3 heteroatoms. The van der Waals surface area contributed by atoms with Crippen molar-refractivity contribution in [2.45, 2.75) is 4.90 Å². The van der Waals surface area contributed by atoms with Crippen LogP contribution in [0.4, 0.5) is 0 Å². The Morgan fingerprint density at radius 1 is 0.750 bits per heavy atom. The Morgan fingerprint density at radius 3 is 2.12 bits per heavy atom. The summed E-state index contributed by atoms with van der Waals surface area (Å²) >= 11 is 7.70. The molecular formula is C21H13ClOS. The van der Waals surface area contributed by atoms with Crippen molar-refractivity contribution in [1.82, 2.24) is 0 Å². The van der Waals surface area contributed by atoms with Gasteiger partial charge < -0.3 is 0 Å². The first-order chi connectivity index (χ1) is 11.7. The first-order valence-electron chi connectivity index (χ1n) is 7.61. The van der Waals surface area contributed by atoms with E-state index < -0.39 is 0 Å². The van der Waals surface area contributed by atoms with E-state index in [1.165, 1.54) is 11.8 Å². The number of rotatable bonds is 3. The van der Waals surface area contributed by atoms with E-state index in [0.717, 1.165) is 32.1 Å². The number of benzene rings is 3. The Bertz CT molecular complexity index is 946. The molecule has 0 N–H and O–H groups in total. The average Bonchev–Trinajstić information content (AvgIpc) is 2.88. The number of halogens is 1. The third-order valence-electron chi connectivity index (χ3n) is 3.95. The lowest BCUT2D eigenvalue weighted by Gasteiger charge is -2.08. The molecule has 0 saturated carbocycles. The molecule has 0 fully saturated rings. The Morgan fingerprint density at radius 2 is 1.42 bits per heavy atom. The van der Waals surface area contributed by atoms with Crippen molar-refractivity contribution in [3.8, 4) is 0 Å². The standard InChI is InChI=1S/C21H13ClOS/c22-15-11-12-17-18(13-15)19(14-7-3-1-4-8-14)21(20(17)23)24-16-9-5-2-6-10-16/h1-13H. The summed E-state index contributed by atoms with van der Waals surface area (Å²) in [6.07, 6.45) is 0. The number of hydrogen-bond acceptors (Lipinski definition) is 2. The van der Waals surface area contributed by atoms with Gasteiger partial charge in [-0.15, -0.1) is 0 Å². The van der Waals surface area contributed by atoms with Crippen LogP contribution in [-0.4, -0.2) is 5.78 Å². The SMILES string of the molecule is O=C1C(Sc2ccccc2)=C(c2ccccc2)c2cc(Cl)ccc21. The minimum atomic E-state index is 0.0642. The largest absolute Gasteiger partial charge is 0.288 e. The molecular weight excluding hydrogens is 336 g/mol. The third kappa shape index (κ3) is 2.68. The molecule has 4 rings (SSSR count). The van der Waals surface area contributed by atoms with Gasteiger partial charge in [-0.25, -0.2) is 0 Å². The summed E-state index contributed by atoms with van der Waals surface area (Å²) in [5.41, 5.74) is 3.63. The molecule has 1 aliphatic carbocycles. The number of carbonyl (C=O) groups is 1. The predicted molar refractivity (Wildman–Crippen MR) is 101 cm³/mol. The Balaban J connectivity index is 1.92. The maximum Gasteiger partial charge on any atom is 0.200 e. The van der Waals surface area contributed by atoms with Gasteiger partial charge in [0, 0.05) is 21.1 Å². The fourth-order valence-electron chi connectivity index (χ4n) is 2.87. The van der Waals surface area contributed by atoms with Gasteiger partial charge in [-0.1, -0.05) is 71.9 Å². The summed E-state index contributed by atoms with van der Waals surface area (Å²) in [5, 5.41) is 0.640. The number of thioether (sulfide) groups is 1. The van der Waals surface area contributed by atoms with Crippen LogP contribution < -0.4 is 0 Å². The summed E-state index contributed by atoms with van der Waals surface area (Å²) in [7, 11) is 0. The van der Waals surface area contributed by atoms with E-state index in [1.807, 2.05) is 72.8 Å². The van der Waals surface area contributed by atoms with Gasteiger partial charge in [0.1, 0.15) is 0 Å². The zero-order valence-electron chi connectivity index (χ0n) is 12.7. The second-order valence-electron chi connectivity index (χ2n) is 5.50. The van der Waals surface area contributed by atoms with E-state index in [1.54, 1.807) is 6.07 Å². The predicted octanol–water partition coefficient (Wildman–Crippen LogP) is 6.09. The summed E-state index contributed by atoms with van der Waals surface area (Å²) in [5.74, 6) is 0.0642. The number of carbonyl (C=O) groups excluding carboxylic acids is 1. The molecule has 3 aromatic rings. The van der Waals surface area contributed by atoms with Crippen molar-refractivity contribution in [2.24, 2.45) is 0 Å². The normalized spacial score (nSPS) is 13.3. The number of fused-ring (bicyclic) bond motifs is 1. The Hall–Kier alpha value is -2.29. The molecule has 3 aromatic carbocycles. The summed E-state index contributed by atoms with van der Waals surface area (Å²) in [4.78, 5) is 14.8. The van der Waals surface area contributed by atoms with Crippen LogP contribution in [0.25, 0.3) is 5.57 Å². The van der Waals surface area contributed by atoms with Gasteiger partial charge in [0.05, 0.1) is 4.91 Å². The molecule has 0 atom stereocenters. The molecule has 116 valence electrons. The van der Waals surface area contributed by atoms with Crippen molar-refractivity contribution in [3.63, 3.8) is 0 Å². The van der Waals surface area contributed by atoms with Crippen molar-refractivity contribution in [2.75, 3.05) is 0 Å². The van der Waals surface area contributed by atoms with Gasteiger partial charge in [0.25, 0.3) is 0 Å². The lowest BCUT2D eigenvalue weighted by atomic mass is 9.99. The Kier molecular flexibility index (Phi) is 4.01. The smallest absolute Gasteiger partial charge is 0.200 e. The van der Waals surface area contributed by atoms with Gasteiger partial charge in [-0.2, -0.15) is 0 Å². The minimum Gasteiger partial charge on any atom is -0.288 e. The molecule has 0 bridgehead atoms. The lowest BCUT2D eigenvalue weighted by molar-refractivity contribution is 0.104. The van der Waals surface area contributed by atoms with Crippen molar-refractivity contribution >= 4 is 34.7 Å². The fraction of sp³-hybridized carbons (Fsp3) is 0. The van der Waals surface area contributed by atoms with Gasteiger partial charge in [-0.3, -0.25) is 4.79 Å². The van der Waals surface area contributed by atoms with Crippen LogP contribution >= 0.6 is 23.4 Å². The first kappa shape index (κ1) is 15.3. The first-order valence-corrected chi connectivity index (χ1v) is 8.81. The highest BCUT2D eigenvalue weighted by Gasteiger charge is 2.31. The van der Waals surface area contributed by atoms with E-state index in [-0.39, 0.29) is 5.78 Å². The zero-order chi connectivity index (χ0) is 16.5. The van der Waals surface area contributed by atoms with Crippen LogP contribution in [-0.2, 0) is 0 Å². The molecule has 1 aliphatic rings. The monoisotopic (exact) mass is 348 g/mol. The molecule has 0 spiro atoms. The van der Waals surface area contributed by atoms with Gasteiger partial charge in [-0.05, 0) is 41.5 Å². The van der Waals surface area contributed by atoms with Crippen molar-refractivity contribution in [3.05, 3.63) is 105 Å². The second-order valence-corrected chi connectivity index (χ2v) is 7.02. The molecule has 0 radical (unpaired) electrons. The molecule has 0 aromatic heterocycles. The van der Waals surface area contributed by atoms with Gasteiger partial charge in [0.15, 0.2) is 0 Å². The second kappa shape index (κ2) is 6.31. The maximum absolute atomic E-state index is 13.0. The summed E-state index contributed by atoms with van der Waals surface area (Å²) in [6, 6.07) is 25.5. The van der Waals surface area contributed by atoms with Crippen LogP contribution in [0.5, 0.6) is 0 Å². The van der Waals surface area contributed by atoms with Crippen molar-refractivity contribution in [1.29, 1.82) is 0 Å². The minimum absolute atomic E-state index is 0.0642. The van der Waals surface area contributed by atoms with Gasteiger partial charge in [0.2, 0.25) is 5.78 Å². The molecule has 0 heterocycles. The average molecular weight is 349 g/mol. The summed E-state index contributed by atoms with van der Waals surface area (Å²) in [6.45, 7) is 0. The van der Waals surface area contributed by atoms with Crippen LogP contribution in [0.15, 0.2) is 88.7 Å². The van der Waals surface area contributed by atoms with E-state index in [2.05, 4.69) is 0 Å². The molecule has 0 saturated heterocycles. The van der Waals surface area contributed by atoms with Crippen LogP contribution in [0.2, 0.25) is 5.02 Å². The van der Waals surface area contributed by atoms with Crippen LogP contribution in [0.3, 0.4) is 0 Å². The van der Waals surface area contributed by atoms with Gasteiger partial charge >= 0.3 is 0 Å². The Labute approximate surface area is 150 Å². The number of ketones is 1. The topological polar surface area (TPSA) is 17.1 Å². The molecule has 0 unspecified atom stereocenters. The zero-order valence-corrected chi connectivity index (χ0v) is 14.3. The van der Waals surface area contributed by atoms with Crippen LogP contribution in [0.1, 0.15) is 21.5 Å². The van der Waals surface area contributed by atoms with E-state index in [4.69, 9.17) is 11.6 Å². The molecule has 0 aliphatic heterocycles. The van der Waals surface area contributed by atoms with Crippen LogP contribution in [0, 0.1) is 0 Å².